The molecule has 0 spiro atoms. The Balaban J connectivity index is 2.05. The molecule has 0 aromatic rings. The van der Waals surface area contributed by atoms with Gasteiger partial charge >= 0.3 is 6.09 Å². The summed E-state index contributed by atoms with van der Waals surface area (Å²) in [4.78, 5) is 14.3. The van der Waals surface area contributed by atoms with Crippen LogP contribution in [0.3, 0.4) is 0 Å². The molecule has 5 nitrogen and oxygen atoms in total. The summed E-state index contributed by atoms with van der Waals surface area (Å²) in [5, 5.41) is 3.30. The van der Waals surface area contributed by atoms with Gasteiger partial charge in [-0.15, -0.1) is 0 Å². The molecule has 0 aromatic heterocycles. The molecule has 0 bridgehead atoms. The fourth-order valence-electron chi connectivity index (χ4n) is 2.53. The van der Waals surface area contributed by atoms with E-state index in [1.807, 2.05) is 25.7 Å². The quantitative estimate of drug-likeness (QED) is 0.811. The van der Waals surface area contributed by atoms with Crippen molar-refractivity contribution in [2.45, 2.75) is 51.3 Å². The van der Waals surface area contributed by atoms with Crippen LogP contribution < -0.4 is 5.32 Å². The Labute approximate surface area is 109 Å². The van der Waals surface area contributed by atoms with Crippen LogP contribution in [-0.2, 0) is 9.47 Å². The van der Waals surface area contributed by atoms with Crippen molar-refractivity contribution in [3.8, 4) is 0 Å². The maximum Gasteiger partial charge on any atom is 0.410 e. The van der Waals surface area contributed by atoms with Gasteiger partial charge in [-0.3, -0.25) is 4.90 Å². The predicted molar refractivity (Wildman–Crippen MR) is 68.6 cm³/mol. The summed E-state index contributed by atoms with van der Waals surface area (Å²) in [6.45, 7) is 8.91. The summed E-state index contributed by atoms with van der Waals surface area (Å²) in [6.07, 6.45) is 1.71. The zero-order valence-electron chi connectivity index (χ0n) is 11.6. The highest BCUT2D eigenvalue weighted by Crippen LogP contribution is 2.22. The molecule has 5 heteroatoms. The lowest BCUT2D eigenvalue weighted by molar-refractivity contribution is 0.00538. The zero-order chi connectivity index (χ0) is 13.2. The fourth-order valence-corrected chi connectivity index (χ4v) is 2.53. The van der Waals surface area contributed by atoms with Crippen molar-refractivity contribution in [1.82, 2.24) is 10.2 Å². The second-order valence-corrected chi connectivity index (χ2v) is 6.05. The highest BCUT2D eigenvalue weighted by molar-refractivity contribution is 5.69. The minimum absolute atomic E-state index is 0.171. The number of nitrogens with one attached hydrogen (secondary N) is 1. The van der Waals surface area contributed by atoms with Crippen LogP contribution in [0.25, 0.3) is 0 Å². The Hall–Kier alpha value is -0.810. The average molecular weight is 256 g/mol. The number of amides is 1. The summed E-state index contributed by atoms with van der Waals surface area (Å²) in [7, 11) is 0. The lowest BCUT2D eigenvalue weighted by atomic mass is 10.1. The van der Waals surface area contributed by atoms with Crippen LogP contribution in [0.5, 0.6) is 0 Å². The van der Waals surface area contributed by atoms with Gasteiger partial charge < -0.3 is 14.8 Å². The molecule has 2 aliphatic heterocycles. The molecule has 2 saturated heterocycles. The van der Waals surface area contributed by atoms with Crippen LogP contribution in [-0.4, -0.2) is 55.0 Å². The Morgan fingerprint density at radius 3 is 2.61 bits per heavy atom. The van der Waals surface area contributed by atoms with Crippen molar-refractivity contribution in [3.05, 3.63) is 0 Å². The predicted octanol–water partition coefficient (Wildman–Crippen LogP) is 1.37. The van der Waals surface area contributed by atoms with E-state index in [0.29, 0.717) is 6.61 Å². The third kappa shape index (κ3) is 3.36. The monoisotopic (exact) mass is 256 g/mol. The van der Waals surface area contributed by atoms with Crippen LogP contribution in [0.1, 0.15) is 33.6 Å². The third-order valence-corrected chi connectivity index (χ3v) is 3.33. The number of carbonyl (C=O) groups is 1. The van der Waals surface area contributed by atoms with Gasteiger partial charge in [0.1, 0.15) is 5.60 Å². The first-order chi connectivity index (χ1) is 8.47. The van der Waals surface area contributed by atoms with Crippen LogP contribution in [0, 0.1) is 0 Å². The van der Waals surface area contributed by atoms with E-state index in [2.05, 4.69) is 5.32 Å². The molecule has 0 radical (unpaired) electrons. The summed E-state index contributed by atoms with van der Waals surface area (Å²) in [6, 6.07) is 0.413. The highest BCUT2D eigenvalue weighted by Gasteiger charge is 2.36. The van der Waals surface area contributed by atoms with E-state index < -0.39 is 5.60 Å². The minimum Gasteiger partial charge on any atom is -0.444 e. The number of hydrogen-bond donors (Lipinski definition) is 1. The van der Waals surface area contributed by atoms with E-state index in [-0.39, 0.29) is 18.2 Å². The van der Waals surface area contributed by atoms with Crippen LogP contribution >= 0.6 is 0 Å². The van der Waals surface area contributed by atoms with Gasteiger partial charge in [0.15, 0.2) is 0 Å². The molecule has 1 amide bonds. The van der Waals surface area contributed by atoms with Gasteiger partial charge in [0.2, 0.25) is 0 Å². The largest absolute Gasteiger partial charge is 0.444 e. The Morgan fingerprint density at radius 2 is 2.11 bits per heavy atom. The second-order valence-electron chi connectivity index (χ2n) is 6.05. The number of hydrogen-bond acceptors (Lipinski definition) is 4. The molecule has 2 unspecified atom stereocenters. The maximum atomic E-state index is 12.4. The van der Waals surface area contributed by atoms with Gasteiger partial charge in [-0.2, -0.15) is 0 Å². The van der Waals surface area contributed by atoms with Crippen molar-refractivity contribution in [2.75, 3.05) is 26.3 Å². The molecular weight excluding hydrogens is 232 g/mol. The molecule has 2 rings (SSSR count). The van der Waals surface area contributed by atoms with Gasteiger partial charge in [-0.25, -0.2) is 4.79 Å². The summed E-state index contributed by atoms with van der Waals surface area (Å²) < 4.78 is 10.9. The van der Waals surface area contributed by atoms with Gasteiger partial charge in [-0.05, 0) is 40.2 Å². The molecule has 2 heterocycles. The summed E-state index contributed by atoms with van der Waals surface area (Å²) in [5.74, 6) is 0. The average Bonchev–Trinajstić information content (AvgIpc) is 2.87. The number of carbonyl (C=O) groups excluding carboxylic acids is 1. The molecule has 0 saturated carbocycles. The Morgan fingerprint density at radius 1 is 1.33 bits per heavy atom. The zero-order valence-corrected chi connectivity index (χ0v) is 11.6. The number of ether oxygens (including phenoxy) is 2. The van der Waals surface area contributed by atoms with E-state index in [0.717, 1.165) is 32.5 Å². The van der Waals surface area contributed by atoms with Gasteiger partial charge in [0.05, 0.1) is 12.6 Å². The lowest BCUT2D eigenvalue weighted by Gasteiger charge is -2.34. The molecule has 2 fully saturated rings. The van der Waals surface area contributed by atoms with E-state index in [1.54, 1.807) is 0 Å². The number of nitrogens with zero attached hydrogens (tertiary/aromatic N) is 1. The topological polar surface area (TPSA) is 50.8 Å². The standard InChI is InChI=1S/C13H24N2O3/c1-13(2,3)18-12(16)15(10-4-6-14-8-10)11-5-7-17-9-11/h10-11,14H,4-9H2,1-3H3. The molecule has 18 heavy (non-hydrogen) atoms. The molecule has 104 valence electrons. The SMILES string of the molecule is CC(C)(C)OC(=O)N(C1CCNC1)C1CCOC1. The molecule has 2 atom stereocenters. The summed E-state index contributed by atoms with van der Waals surface area (Å²) in [5.41, 5.74) is -0.444. The Bertz CT molecular complexity index is 273. The van der Waals surface area contributed by atoms with Crippen molar-refractivity contribution in [3.63, 3.8) is 0 Å². The fraction of sp³-hybridized carbons (Fsp3) is 0.923. The highest BCUT2D eigenvalue weighted by atomic mass is 16.6. The van der Waals surface area contributed by atoms with Crippen LogP contribution in [0.4, 0.5) is 4.79 Å². The van der Waals surface area contributed by atoms with Gasteiger partial charge in [0.25, 0.3) is 0 Å². The summed E-state index contributed by atoms with van der Waals surface area (Å²) >= 11 is 0. The van der Waals surface area contributed by atoms with Gasteiger partial charge in [-0.1, -0.05) is 0 Å². The van der Waals surface area contributed by atoms with Gasteiger partial charge in [0, 0.05) is 19.2 Å². The molecule has 1 N–H and O–H groups in total. The molecule has 0 aromatic carbocycles. The van der Waals surface area contributed by atoms with E-state index >= 15 is 0 Å². The van der Waals surface area contributed by atoms with Crippen LogP contribution in [0.15, 0.2) is 0 Å². The van der Waals surface area contributed by atoms with E-state index in [4.69, 9.17) is 9.47 Å². The molecular formula is C13H24N2O3. The van der Waals surface area contributed by atoms with Crippen molar-refractivity contribution >= 4 is 6.09 Å². The van der Waals surface area contributed by atoms with E-state index in [9.17, 15) is 4.79 Å². The minimum atomic E-state index is -0.444. The normalized spacial score (nSPS) is 28.4. The Kier molecular flexibility index (Phi) is 4.12. The number of rotatable bonds is 2. The first kappa shape index (κ1) is 13.6. The van der Waals surface area contributed by atoms with Crippen molar-refractivity contribution in [1.29, 1.82) is 0 Å². The van der Waals surface area contributed by atoms with E-state index in [1.165, 1.54) is 0 Å². The molecule has 2 aliphatic rings. The van der Waals surface area contributed by atoms with Crippen molar-refractivity contribution in [2.24, 2.45) is 0 Å². The van der Waals surface area contributed by atoms with Crippen molar-refractivity contribution < 1.29 is 14.3 Å². The first-order valence-electron chi connectivity index (χ1n) is 6.77. The third-order valence-electron chi connectivity index (χ3n) is 3.33. The maximum absolute atomic E-state index is 12.4. The second kappa shape index (κ2) is 5.45. The molecule has 0 aliphatic carbocycles. The van der Waals surface area contributed by atoms with Crippen LogP contribution in [0.2, 0.25) is 0 Å². The lowest BCUT2D eigenvalue weighted by Crippen LogP contribution is -2.50. The smallest absolute Gasteiger partial charge is 0.410 e. The first-order valence-corrected chi connectivity index (χ1v) is 6.77.